The number of hydrogen-bond donors (Lipinski definition) is 3. The van der Waals surface area contributed by atoms with Gasteiger partial charge in [0, 0.05) is 17.0 Å². The van der Waals surface area contributed by atoms with Crippen molar-refractivity contribution in [2.24, 2.45) is 5.73 Å². The lowest BCUT2D eigenvalue weighted by Gasteiger charge is -2.05. The van der Waals surface area contributed by atoms with Crippen LogP contribution in [-0.2, 0) is 6.42 Å². The lowest BCUT2D eigenvalue weighted by Crippen LogP contribution is -2.01. The lowest BCUT2D eigenvalue weighted by atomic mass is 9.98. The van der Waals surface area contributed by atoms with Crippen molar-refractivity contribution in [1.29, 1.82) is 0 Å². The van der Waals surface area contributed by atoms with Gasteiger partial charge in [0.1, 0.15) is 5.01 Å². The molecule has 0 unspecified atom stereocenters. The van der Waals surface area contributed by atoms with E-state index in [2.05, 4.69) is 9.97 Å². The first kappa shape index (κ1) is 15.7. The average molecular weight is 329 g/mol. The predicted octanol–water partition coefficient (Wildman–Crippen LogP) is 3.58. The van der Waals surface area contributed by atoms with Crippen molar-refractivity contribution < 1.29 is 9.90 Å². The molecule has 0 aliphatic rings. The van der Waals surface area contributed by atoms with Crippen LogP contribution in [0, 0.1) is 6.92 Å². The van der Waals surface area contributed by atoms with E-state index in [4.69, 9.17) is 5.73 Å². The van der Waals surface area contributed by atoms with Crippen LogP contribution in [0.5, 0.6) is 0 Å². The number of hydrogen-bond acceptors (Lipinski definition) is 4. The van der Waals surface area contributed by atoms with Crippen LogP contribution in [0.2, 0.25) is 0 Å². The van der Waals surface area contributed by atoms with Gasteiger partial charge in [-0.1, -0.05) is 6.07 Å². The van der Waals surface area contributed by atoms with Gasteiger partial charge in [-0.05, 0) is 49.9 Å². The van der Waals surface area contributed by atoms with Gasteiger partial charge < -0.3 is 15.8 Å². The summed E-state index contributed by atoms with van der Waals surface area (Å²) < 4.78 is 0. The molecule has 23 heavy (non-hydrogen) atoms. The first-order chi connectivity index (χ1) is 11.1. The molecular formula is C17H19N3O2S. The summed E-state index contributed by atoms with van der Waals surface area (Å²) in [6.07, 6.45) is 4.39. The van der Waals surface area contributed by atoms with Crippen LogP contribution in [0.4, 0.5) is 0 Å². The number of carboxylic acids is 1. The van der Waals surface area contributed by atoms with Crippen LogP contribution in [0.3, 0.4) is 0 Å². The molecule has 5 nitrogen and oxygen atoms in total. The van der Waals surface area contributed by atoms with Gasteiger partial charge in [-0.15, -0.1) is 11.3 Å². The first-order valence-corrected chi connectivity index (χ1v) is 8.48. The molecule has 6 heteroatoms. The second-order valence-electron chi connectivity index (χ2n) is 5.55. The molecule has 2 aromatic heterocycles. The van der Waals surface area contributed by atoms with Crippen molar-refractivity contribution >= 4 is 28.2 Å². The minimum Gasteiger partial charge on any atom is -0.478 e. The van der Waals surface area contributed by atoms with Gasteiger partial charge in [-0.2, -0.15) is 0 Å². The Labute approximate surface area is 138 Å². The number of nitrogens with zero attached hydrogens (tertiary/aromatic N) is 1. The quantitative estimate of drug-likeness (QED) is 0.603. The largest absolute Gasteiger partial charge is 0.478 e. The summed E-state index contributed by atoms with van der Waals surface area (Å²) in [6.45, 7) is 2.62. The van der Waals surface area contributed by atoms with E-state index in [0.29, 0.717) is 12.1 Å². The third-order valence-corrected chi connectivity index (χ3v) is 4.82. The summed E-state index contributed by atoms with van der Waals surface area (Å²) in [4.78, 5) is 19.5. The Hall–Kier alpha value is -2.18. The molecule has 0 bridgehead atoms. The van der Waals surface area contributed by atoms with Crippen LogP contribution < -0.4 is 5.73 Å². The van der Waals surface area contributed by atoms with E-state index in [9.17, 15) is 9.90 Å². The zero-order valence-electron chi connectivity index (χ0n) is 12.9. The summed E-state index contributed by atoms with van der Waals surface area (Å²) in [5.74, 6) is -0.903. The van der Waals surface area contributed by atoms with Gasteiger partial charge in [0.25, 0.3) is 0 Å². The maximum Gasteiger partial charge on any atom is 0.336 e. The molecule has 4 N–H and O–H groups in total. The number of nitrogens with one attached hydrogen (secondary N) is 1. The Bertz CT molecular complexity index is 837. The number of carboxylic acid groups (broad SMARTS) is 1. The molecule has 1 aromatic carbocycles. The second kappa shape index (κ2) is 6.52. The van der Waals surface area contributed by atoms with Gasteiger partial charge in [-0.25, -0.2) is 9.78 Å². The number of aryl methyl sites for hydroxylation is 2. The molecule has 3 aromatic rings. The van der Waals surface area contributed by atoms with Crippen molar-refractivity contribution in [3.05, 3.63) is 40.4 Å². The van der Waals surface area contributed by atoms with E-state index in [0.717, 1.165) is 52.0 Å². The van der Waals surface area contributed by atoms with Crippen molar-refractivity contribution in [3.8, 4) is 10.7 Å². The van der Waals surface area contributed by atoms with Gasteiger partial charge in [-0.3, -0.25) is 0 Å². The van der Waals surface area contributed by atoms with E-state index in [1.807, 2.05) is 18.4 Å². The topological polar surface area (TPSA) is 92.0 Å². The molecule has 0 spiro atoms. The SMILES string of the molecule is Cc1ccc(C(=O)O)c2c(CCCCN)c(-c3nccs3)[nH]c12. The molecule has 0 amide bonds. The van der Waals surface area contributed by atoms with Gasteiger partial charge in [0.05, 0.1) is 16.8 Å². The van der Waals surface area contributed by atoms with Crippen molar-refractivity contribution in [2.45, 2.75) is 26.2 Å². The Morgan fingerprint density at radius 2 is 2.22 bits per heavy atom. The Balaban J connectivity index is 2.25. The van der Waals surface area contributed by atoms with Crippen LogP contribution in [0.15, 0.2) is 23.7 Å². The number of nitrogens with two attached hydrogens (primary N) is 1. The average Bonchev–Trinajstić information content (AvgIpc) is 3.15. The molecule has 0 atom stereocenters. The minimum atomic E-state index is -0.903. The van der Waals surface area contributed by atoms with Crippen LogP contribution >= 0.6 is 11.3 Å². The first-order valence-electron chi connectivity index (χ1n) is 7.61. The number of carbonyl (C=O) groups is 1. The van der Waals surface area contributed by atoms with Gasteiger partial charge in [0.2, 0.25) is 0 Å². The molecule has 0 saturated carbocycles. The highest BCUT2D eigenvalue weighted by molar-refractivity contribution is 7.13. The van der Waals surface area contributed by atoms with Gasteiger partial charge in [0.15, 0.2) is 0 Å². The summed E-state index contributed by atoms with van der Waals surface area (Å²) >= 11 is 1.55. The number of unbranched alkanes of at least 4 members (excludes halogenated alkanes) is 1. The Kier molecular flexibility index (Phi) is 4.45. The summed E-state index contributed by atoms with van der Waals surface area (Å²) in [5, 5.41) is 13.2. The maximum absolute atomic E-state index is 11.7. The number of thiazole rings is 1. The van der Waals surface area contributed by atoms with Crippen molar-refractivity contribution in [2.75, 3.05) is 6.54 Å². The van der Waals surface area contributed by atoms with E-state index >= 15 is 0 Å². The van der Waals surface area contributed by atoms with Crippen molar-refractivity contribution in [3.63, 3.8) is 0 Å². The fourth-order valence-corrected chi connectivity index (χ4v) is 3.58. The fourth-order valence-electron chi connectivity index (χ4n) is 2.91. The van der Waals surface area contributed by atoms with E-state index in [1.54, 1.807) is 23.6 Å². The summed E-state index contributed by atoms with van der Waals surface area (Å²) in [5.41, 5.74) is 9.83. The maximum atomic E-state index is 11.7. The molecule has 0 fully saturated rings. The number of rotatable bonds is 6. The number of fused-ring (bicyclic) bond motifs is 1. The van der Waals surface area contributed by atoms with Crippen LogP contribution in [-0.4, -0.2) is 27.6 Å². The van der Waals surface area contributed by atoms with Crippen LogP contribution in [0.1, 0.15) is 34.3 Å². The number of benzene rings is 1. The highest BCUT2D eigenvalue weighted by Crippen LogP contribution is 2.36. The van der Waals surface area contributed by atoms with Gasteiger partial charge >= 0.3 is 5.97 Å². The number of H-pyrrole nitrogens is 1. The molecule has 0 aliphatic carbocycles. The highest BCUT2D eigenvalue weighted by atomic mass is 32.1. The van der Waals surface area contributed by atoms with E-state index in [1.165, 1.54) is 0 Å². The Morgan fingerprint density at radius 3 is 2.87 bits per heavy atom. The summed E-state index contributed by atoms with van der Waals surface area (Å²) in [7, 11) is 0. The molecule has 2 heterocycles. The second-order valence-corrected chi connectivity index (χ2v) is 6.44. The Morgan fingerprint density at radius 1 is 1.39 bits per heavy atom. The fraction of sp³-hybridized carbons (Fsp3) is 0.294. The predicted molar refractivity (Wildman–Crippen MR) is 93.1 cm³/mol. The smallest absolute Gasteiger partial charge is 0.336 e. The third-order valence-electron chi connectivity index (χ3n) is 4.02. The lowest BCUT2D eigenvalue weighted by molar-refractivity contribution is 0.0699. The van der Waals surface area contributed by atoms with E-state index in [-0.39, 0.29) is 0 Å². The number of aromatic carboxylic acids is 1. The highest BCUT2D eigenvalue weighted by Gasteiger charge is 2.21. The molecule has 0 radical (unpaired) electrons. The zero-order chi connectivity index (χ0) is 16.4. The number of aromatic amines is 1. The normalized spacial score (nSPS) is 11.2. The molecule has 0 aliphatic heterocycles. The van der Waals surface area contributed by atoms with E-state index < -0.39 is 5.97 Å². The molecule has 120 valence electrons. The monoisotopic (exact) mass is 329 g/mol. The summed E-state index contributed by atoms with van der Waals surface area (Å²) in [6, 6.07) is 3.53. The standard InChI is InChI=1S/C17H19N3O2S/c1-10-5-6-12(17(21)22)13-11(4-2-3-7-18)15(20-14(10)13)16-19-8-9-23-16/h5-6,8-9,20H,2-4,7,18H2,1H3,(H,21,22). The van der Waals surface area contributed by atoms with Crippen molar-refractivity contribution in [1.82, 2.24) is 9.97 Å². The molecular weight excluding hydrogens is 310 g/mol. The molecule has 0 saturated heterocycles. The number of aromatic nitrogens is 2. The third kappa shape index (κ3) is 2.87. The molecule has 3 rings (SSSR count). The zero-order valence-corrected chi connectivity index (χ0v) is 13.7. The van der Waals surface area contributed by atoms with Crippen LogP contribution in [0.25, 0.3) is 21.6 Å². The minimum absolute atomic E-state index is 0.340.